The second kappa shape index (κ2) is 6.42. The van der Waals surface area contributed by atoms with Gasteiger partial charge in [0.05, 0.1) is 5.52 Å². The first-order valence-corrected chi connectivity index (χ1v) is 6.62. The van der Waals surface area contributed by atoms with Gasteiger partial charge in [0, 0.05) is 16.6 Å². The Morgan fingerprint density at radius 1 is 1.21 bits per heavy atom. The molecule has 1 aliphatic rings. The second-order valence-electron chi connectivity index (χ2n) is 4.54. The molecule has 0 atom stereocenters. The Kier molecular flexibility index (Phi) is 4.86. The normalized spacial score (nSPS) is 16.1. The first-order chi connectivity index (χ1) is 8.83. The number of fused-ring (bicyclic) bond motifs is 1. The lowest BCUT2D eigenvalue weighted by Crippen LogP contribution is -2.34. The van der Waals surface area contributed by atoms with Gasteiger partial charge in [0.1, 0.15) is 11.9 Å². The van der Waals surface area contributed by atoms with Crippen molar-refractivity contribution < 1.29 is 4.74 Å². The number of hydrogen-bond acceptors (Lipinski definition) is 3. The lowest BCUT2D eigenvalue weighted by atomic mass is 10.1. The monoisotopic (exact) mass is 298 g/mol. The van der Waals surface area contributed by atoms with Crippen molar-refractivity contribution in [3.05, 3.63) is 35.5 Å². The predicted octanol–water partition coefficient (Wildman–Crippen LogP) is 3.44. The molecule has 2 heterocycles. The highest BCUT2D eigenvalue weighted by molar-refractivity contribution is 6.31. The van der Waals surface area contributed by atoms with Crippen LogP contribution in [-0.4, -0.2) is 24.2 Å². The van der Waals surface area contributed by atoms with Gasteiger partial charge in [0.25, 0.3) is 0 Å². The van der Waals surface area contributed by atoms with Crippen LogP contribution in [0.1, 0.15) is 12.8 Å². The van der Waals surface area contributed by atoms with Gasteiger partial charge in [-0.05, 0) is 50.2 Å². The maximum atomic E-state index is 6.09. The number of ether oxygens (including phenoxy) is 1. The summed E-state index contributed by atoms with van der Waals surface area (Å²) in [6.07, 6.45) is 4.18. The molecule has 0 amide bonds. The highest BCUT2D eigenvalue weighted by Crippen LogP contribution is 2.28. The number of aromatic nitrogens is 1. The largest absolute Gasteiger partial charge is 0.490 e. The van der Waals surface area contributed by atoms with E-state index in [0.717, 1.165) is 42.6 Å². The molecule has 1 N–H and O–H groups in total. The Bertz CT molecular complexity index is 556. The number of rotatable bonds is 2. The van der Waals surface area contributed by atoms with Gasteiger partial charge in [-0.15, -0.1) is 12.4 Å². The molecular formula is C14H16Cl2N2O. The number of nitrogens with one attached hydrogen (secondary N) is 1. The minimum atomic E-state index is 0. The summed E-state index contributed by atoms with van der Waals surface area (Å²) in [5.41, 5.74) is 0.883. The third-order valence-corrected chi connectivity index (χ3v) is 3.48. The average Bonchev–Trinajstić information content (AvgIpc) is 2.40. The Morgan fingerprint density at radius 2 is 2.00 bits per heavy atom. The second-order valence-corrected chi connectivity index (χ2v) is 4.97. The Morgan fingerprint density at radius 3 is 2.79 bits per heavy atom. The third-order valence-electron chi connectivity index (χ3n) is 3.24. The van der Waals surface area contributed by atoms with Gasteiger partial charge < -0.3 is 10.1 Å². The highest BCUT2D eigenvalue weighted by Gasteiger charge is 2.15. The fraction of sp³-hybridized carbons (Fsp3) is 0.357. The summed E-state index contributed by atoms with van der Waals surface area (Å²) in [6.45, 7) is 2.05. The maximum Gasteiger partial charge on any atom is 0.130 e. The van der Waals surface area contributed by atoms with E-state index in [1.165, 1.54) is 0 Å². The molecule has 1 fully saturated rings. The summed E-state index contributed by atoms with van der Waals surface area (Å²) in [5, 5.41) is 5.07. The van der Waals surface area contributed by atoms with Crippen LogP contribution in [-0.2, 0) is 0 Å². The number of nitrogens with zero attached hydrogens (tertiary/aromatic N) is 1. The molecule has 102 valence electrons. The van der Waals surface area contributed by atoms with Gasteiger partial charge in [-0.3, -0.25) is 4.98 Å². The van der Waals surface area contributed by atoms with E-state index in [1.807, 2.05) is 24.3 Å². The molecule has 0 bridgehead atoms. The number of hydrogen-bond donors (Lipinski definition) is 1. The molecule has 0 spiro atoms. The third kappa shape index (κ3) is 3.30. The van der Waals surface area contributed by atoms with Crippen LogP contribution < -0.4 is 10.1 Å². The molecule has 3 nitrogen and oxygen atoms in total. The van der Waals surface area contributed by atoms with Crippen molar-refractivity contribution in [1.29, 1.82) is 0 Å². The molecule has 0 aliphatic carbocycles. The summed E-state index contributed by atoms with van der Waals surface area (Å²) in [7, 11) is 0. The van der Waals surface area contributed by atoms with Crippen LogP contribution in [0.25, 0.3) is 10.9 Å². The molecule has 1 aromatic heterocycles. The smallest absolute Gasteiger partial charge is 0.130 e. The zero-order chi connectivity index (χ0) is 12.4. The van der Waals surface area contributed by atoms with Crippen molar-refractivity contribution in [2.45, 2.75) is 18.9 Å². The van der Waals surface area contributed by atoms with Crippen LogP contribution >= 0.6 is 24.0 Å². The standard InChI is InChI=1S/C14H15ClN2O.ClH/c15-10-1-2-12-13(9-10)17-8-5-14(12)18-11-3-6-16-7-4-11;/h1-2,5,8-9,11,16H,3-4,6-7H2;1H. The van der Waals surface area contributed by atoms with Gasteiger partial charge >= 0.3 is 0 Å². The summed E-state index contributed by atoms with van der Waals surface area (Å²) in [4.78, 5) is 4.32. The van der Waals surface area contributed by atoms with E-state index < -0.39 is 0 Å². The summed E-state index contributed by atoms with van der Waals surface area (Å²) < 4.78 is 6.09. The van der Waals surface area contributed by atoms with Crippen molar-refractivity contribution in [3.63, 3.8) is 0 Å². The highest BCUT2D eigenvalue weighted by atomic mass is 35.5. The Hall–Kier alpha value is -1.03. The van der Waals surface area contributed by atoms with Crippen LogP contribution in [0, 0.1) is 0 Å². The SMILES string of the molecule is Cl.Clc1ccc2c(OC3CCNCC3)ccnc2c1. The van der Waals surface area contributed by atoms with Gasteiger partial charge in [-0.25, -0.2) is 0 Å². The molecule has 19 heavy (non-hydrogen) atoms. The predicted molar refractivity (Wildman–Crippen MR) is 80.5 cm³/mol. The van der Waals surface area contributed by atoms with Crippen molar-refractivity contribution >= 4 is 34.9 Å². The van der Waals surface area contributed by atoms with Crippen molar-refractivity contribution in [3.8, 4) is 5.75 Å². The minimum absolute atomic E-state index is 0. The van der Waals surface area contributed by atoms with E-state index in [2.05, 4.69) is 10.3 Å². The van der Waals surface area contributed by atoms with Crippen molar-refractivity contribution in [1.82, 2.24) is 10.3 Å². The Balaban J connectivity index is 0.00000133. The molecule has 1 aliphatic heterocycles. The van der Waals surface area contributed by atoms with Crippen LogP contribution in [0.4, 0.5) is 0 Å². The summed E-state index contributed by atoms with van der Waals surface area (Å²) in [6, 6.07) is 7.65. The van der Waals surface area contributed by atoms with Gasteiger partial charge in [0.2, 0.25) is 0 Å². The molecule has 1 saturated heterocycles. The van der Waals surface area contributed by atoms with Crippen LogP contribution in [0.5, 0.6) is 5.75 Å². The molecule has 1 aromatic carbocycles. The van der Waals surface area contributed by atoms with E-state index in [1.54, 1.807) is 6.20 Å². The average molecular weight is 299 g/mol. The van der Waals surface area contributed by atoms with Gasteiger partial charge in [-0.2, -0.15) is 0 Å². The molecule has 3 rings (SSSR count). The summed E-state index contributed by atoms with van der Waals surface area (Å²) in [5.74, 6) is 0.906. The van der Waals surface area contributed by atoms with Crippen molar-refractivity contribution in [2.24, 2.45) is 0 Å². The zero-order valence-corrected chi connectivity index (χ0v) is 12.0. The van der Waals surface area contributed by atoms with E-state index in [9.17, 15) is 0 Å². The molecule has 0 radical (unpaired) electrons. The minimum Gasteiger partial charge on any atom is -0.490 e. The zero-order valence-electron chi connectivity index (χ0n) is 10.4. The van der Waals surface area contributed by atoms with E-state index in [4.69, 9.17) is 16.3 Å². The van der Waals surface area contributed by atoms with E-state index in [0.29, 0.717) is 11.1 Å². The topological polar surface area (TPSA) is 34.1 Å². The van der Waals surface area contributed by atoms with Crippen LogP contribution in [0.15, 0.2) is 30.5 Å². The summed E-state index contributed by atoms with van der Waals surface area (Å²) >= 11 is 5.97. The van der Waals surface area contributed by atoms with E-state index in [-0.39, 0.29) is 12.4 Å². The lowest BCUT2D eigenvalue weighted by molar-refractivity contribution is 0.164. The van der Waals surface area contributed by atoms with Crippen LogP contribution in [0.2, 0.25) is 5.02 Å². The quantitative estimate of drug-likeness (QED) is 0.922. The molecular weight excluding hydrogens is 283 g/mol. The van der Waals surface area contributed by atoms with Gasteiger partial charge in [0.15, 0.2) is 0 Å². The van der Waals surface area contributed by atoms with Crippen molar-refractivity contribution in [2.75, 3.05) is 13.1 Å². The van der Waals surface area contributed by atoms with Gasteiger partial charge in [-0.1, -0.05) is 11.6 Å². The number of halogens is 2. The molecule has 0 saturated carbocycles. The molecule has 5 heteroatoms. The number of benzene rings is 1. The molecule has 0 unspecified atom stereocenters. The first-order valence-electron chi connectivity index (χ1n) is 6.24. The number of pyridine rings is 1. The first kappa shape index (κ1) is 14.4. The number of piperidine rings is 1. The fourth-order valence-electron chi connectivity index (χ4n) is 2.29. The Labute approximate surface area is 123 Å². The van der Waals surface area contributed by atoms with E-state index >= 15 is 0 Å². The molecule has 2 aromatic rings. The maximum absolute atomic E-state index is 6.09. The lowest BCUT2D eigenvalue weighted by Gasteiger charge is -2.24. The fourth-order valence-corrected chi connectivity index (χ4v) is 2.46. The van der Waals surface area contributed by atoms with Crippen LogP contribution in [0.3, 0.4) is 0 Å².